The number of thioether (sulfide) groups is 1. The summed E-state index contributed by atoms with van der Waals surface area (Å²) in [6.07, 6.45) is 2.32. The maximum atomic E-state index is 10.2. The van der Waals surface area contributed by atoms with Crippen LogP contribution in [0.25, 0.3) is 0 Å². The van der Waals surface area contributed by atoms with E-state index in [4.69, 9.17) is 0 Å². The highest BCUT2D eigenvalue weighted by atomic mass is 32.2. The van der Waals surface area contributed by atoms with Crippen LogP contribution in [0.4, 0.5) is 0 Å². The van der Waals surface area contributed by atoms with E-state index < -0.39 is 5.60 Å². The van der Waals surface area contributed by atoms with Crippen LogP contribution in [0.5, 0.6) is 0 Å². The topological polar surface area (TPSA) is 26.7 Å². The zero-order valence-corrected chi connectivity index (χ0v) is 16.6. The first-order valence-electron chi connectivity index (χ1n) is 9.31. The molecule has 0 bridgehead atoms. The lowest BCUT2D eigenvalue weighted by molar-refractivity contribution is -0.0281. The molecule has 2 rings (SSSR count). The van der Waals surface area contributed by atoms with Gasteiger partial charge >= 0.3 is 0 Å². The van der Waals surface area contributed by atoms with E-state index in [2.05, 4.69) is 54.0 Å². The molecule has 3 nitrogen and oxygen atoms in total. The Hall–Kier alpha value is -0.550. The minimum absolute atomic E-state index is 0.556. The summed E-state index contributed by atoms with van der Waals surface area (Å²) in [4.78, 5) is 6.54. The monoisotopic (exact) mass is 350 g/mol. The molecule has 0 spiro atoms. The van der Waals surface area contributed by atoms with Gasteiger partial charge < -0.3 is 5.11 Å². The molecule has 0 amide bonds. The largest absolute Gasteiger partial charge is 0.389 e. The minimum Gasteiger partial charge on any atom is -0.389 e. The SMILES string of the molecule is CC[C@@H]1CN(CC(C)(C)O)[C@@H](CC)CN1CCSc1ccccc1. The van der Waals surface area contributed by atoms with E-state index in [-0.39, 0.29) is 0 Å². The molecule has 0 saturated carbocycles. The molecule has 0 radical (unpaired) electrons. The number of hydrogen-bond donors (Lipinski definition) is 1. The van der Waals surface area contributed by atoms with Crippen LogP contribution in [0.1, 0.15) is 40.5 Å². The van der Waals surface area contributed by atoms with Crippen molar-refractivity contribution in [1.29, 1.82) is 0 Å². The van der Waals surface area contributed by atoms with Crippen molar-refractivity contribution >= 4 is 11.8 Å². The van der Waals surface area contributed by atoms with Crippen molar-refractivity contribution in [2.24, 2.45) is 0 Å². The molecular formula is C20H34N2OS. The van der Waals surface area contributed by atoms with Gasteiger partial charge in [-0.15, -0.1) is 11.8 Å². The zero-order chi connectivity index (χ0) is 17.6. The second-order valence-corrected chi connectivity index (χ2v) is 8.69. The average Bonchev–Trinajstić information content (AvgIpc) is 2.55. The van der Waals surface area contributed by atoms with Crippen LogP contribution < -0.4 is 0 Å². The molecule has 1 N–H and O–H groups in total. The molecule has 0 aliphatic carbocycles. The Balaban J connectivity index is 1.90. The summed E-state index contributed by atoms with van der Waals surface area (Å²) in [6, 6.07) is 11.8. The molecular weight excluding hydrogens is 316 g/mol. The molecule has 1 fully saturated rings. The molecule has 2 atom stereocenters. The summed E-state index contributed by atoms with van der Waals surface area (Å²) < 4.78 is 0. The second-order valence-electron chi connectivity index (χ2n) is 7.52. The van der Waals surface area contributed by atoms with E-state index in [0.717, 1.165) is 38.4 Å². The van der Waals surface area contributed by atoms with Crippen molar-refractivity contribution in [3.05, 3.63) is 30.3 Å². The second kappa shape index (κ2) is 9.23. The molecule has 4 heteroatoms. The molecule has 1 aromatic carbocycles. The lowest BCUT2D eigenvalue weighted by Gasteiger charge is -2.47. The van der Waals surface area contributed by atoms with Crippen LogP contribution in [0, 0.1) is 0 Å². The summed E-state index contributed by atoms with van der Waals surface area (Å²) in [6.45, 7) is 12.5. The fraction of sp³-hybridized carbons (Fsp3) is 0.700. The maximum Gasteiger partial charge on any atom is 0.0718 e. The van der Waals surface area contributed by atoms with E-state index in [1.165, 1.54) is 11.3 Å². The van der Waals surface area contributed by atoms with Crippen LogP contribution >= 0.6 is 11.8 Å². The van der Waals surface area contributed by atoms with E-state index in [1.54, 1.807) is 0 Å². The van der Waals surface area contributed by atoms with Crippen molar-refractivity contribution in [2.75, 3.05) is 31.9 Å². The summed E-state index contributed by atoms with van der Waals surface area (Å²) in [5.41, 5.74) is -0.614. The van der Waals surface area contributed by atoms with Crippen LogP contribution in [0.3, 0.4) is 0 Å². The van der Waals surface area contributed by atoms with Crippen molar-refractivity contribution in [2.45, 2.75) is 63.1 Å². The Kier molecular flexibility index (Phi) is 7.60. The standard InChI is InChI=1S/C20H34N2OS/c1-5-17-15-22(16-20(3,4)23)18(6-2)14-21(17)12-13-24-19-10-8-7-9-11-19/h7-11,17-18,23H,5-6,12-16H2,1-4H3/t17-,18+/m1/s1. The molecule has 1 aliphatic rings. The van der Waals surface area contributed by atoms with Gasteiger partial charge in [0.05, 0.1) is 5.60 Å². The van der Waals surface area contributed by atoms with Crippen LogP contribution in [0.15, 0.2) is 35.2 Å². The Morgan fingerprint density at radius 3 is 2.21 bits per heavy atom. The van der Waals surface area contributed by atoms with Crippen molar-refractivity contribution < 1.29 is 5.11 Å². The number of rotatable bonds is 8. The van der Waals surface area contributed by atoms with Gasteiger partial charge in [0.15, 0.2) is 0 Å². The van der Waals surface area contributed by atoms with Gasteiger partial charge in [-0.2, -0.15) is 0 Å². The molecule has 0 aromatic heterocycles. The van der Waals surface area contributed by atoms with Crippen molar-refractivity contribution in [3.8, 4) is 0 Å². The highest BCUT2D eigenvalue weighted by Gasteiger charge is 2.33. The predicted molar refractivity (Wildman–Crippen MR) is 105 cm³/mol. The zero-order valence-electron chi connectivity index (χ0n) is 15.7. The molecule has 1 heterocycles. The highest BCUT2D eigenvalue weighted by Crippen LogP contribution is 2.23. The van der Waals surface area contributed by atoms with Crippen LogP contribution in [-0.4, -0.2) is 64.5 Å². The summed E-state index contributed by atoms with van der Waals surface area (Å²) >= 11 is 1.95. The number of aliphatic hydroxyl groups is 1. The number of benzene rings is 1. The van der Waals surface area contributed by atoms with E-state index in [0.29, 0.717) is 12.1 Å². The van der Waals surface area contributed by atoms with E-state index >= 15 is 0 Å². The number of nitrogens with zero attached hydrogens (tertiary/aromatic N) is 2. The molecule has 0 unspecified atom stereocenters. The third-order valence-electron chi connectivity index (χ3n) is 4.85. The molecule has 1 saturated heterocycles. The van der Waals surface area contributed by atoms with E-state index in [9.17, 15) is 5.11 Å². The van der Waals surface area contributed by atoms with Gasteiger partial charge in [-0.05, 0) is 38.8 Å². The number of piperazine rings is 1. The van der Waals surface area contributed by atoms with Gasteiger partial charge in [0.25, 0.3) is 0 Å². The highest BCUT2D eigenvalue weighted by molar-refractivity contribution is 7.99. The first-order chi connectivity index (χ1) is 11.4. The predicted octanol–water partition coefficient (Wildman–Crippen LogP) is 3.72. The van der Waals surface area contributed by atoms with Gasteiger partial charge in [0.2, 0.25) is 0 Å². The summed E-state index contributed by atoms with van der Waals surface area (Å²) in [7, 11) is 0. The van der Waals surface area contributed by atoms with Crippen LogP contribution in [-0.2, 0) is 0 Å². The summed E-state index contributed by atoms with van der Waals surface area (Å²) in [5.74, 6) is 1.14. The van der Waals surface area contributed by atoms with Gasteiger partial charge in [-0.25, -0.2) is 0 Å². The fourth-order valence-corrected chi connectivity index (χ4v) is 4.52. The first-order valence-corrected chi connectivity index (χ1v) is 10.3. The molecule has 24 heavy (non-hydrogen) atoms. The average molecular weight is 351 g/mol. The van der Waals surface area contributed by atoms with Crippen LogP contribution in [0.2, 0.25) is 0 Å². The normalized spacial score (nSPS) is 23.5. The Morgan fingerprint density at radius 2 is 1.62 bits per heavy atom. The lowest BCUT2D eigenvalue weighted by Crippen LogP contribution is -2.60. The number of β-amino-alcohol motifs (C(OH)–C–C–N with tert-alkyl or cyclic N) is 1. The van der Waals surface area contributed by atoms with Crippen molar-refractivity contribution in [3.63, 3.8) is 0 Å². The molecule has 1 aromatic rings. The smallest absolute Gasteiger partial charge is 0.0718 e. The molecule has 136 valence electrons. The third-order valence-corrected chi connectivity index (χ3v) is 5.84. The van der Waals surface area contributed by atoms with Gasteiger partial charge in [0.1, 0.15) is 0 Å². The summed E-state index contributed by atoms with van der Waals surface area (Å²) in [5, 5.41) is 10.2. The van der Waals surface area contributed by atoms with Gasteiger partial charge in [-0.3, -0.25) is 9.80 Å². The number of hydrogen-bond acceptors (Lipinski definition) is 4. The van der Waals surface area contributed by atoms with Gasteiger partial charge in [-0.1, -0.05) is 32.0 Å². The lowest BCUT2D eigenvalue weighted by atomic mass is 9.99. The van der Waals surface area contributed by atoms with Gasteiger partial charge in [0, 0.05) is 48.9 Å². The minimum atomic E-state index is -0.614. The van der Waals surface area contributed by atoms with E-state index in [1.807, 2.05) is 25.6 Å². The first kappa shape index (κ1) is 19.8. The fourth-order valence-electron chi connectivity index (χ4n) is 3.61. The molecule has 1 aliphatic heterocycles. The third kappa shape index (κ3) is 6.07. The maximum absolute atomic E-state index is 10.2. The van der Waals surface area contributed by atoms with Crippen molar-refractivity contribution in [1.82, 2.24) is 9.80 Å². The Bertz CT molecular complexity index is 474. The quantitative estimate of drug-likeness (QED) is 0.723. The Labute approximate surface area is 152 Å². The Morgan fingerprint density at radius 1 is 1.04 bits per heavy atom.